The van der Waals surface area contributed by atoms with Crippen molar-refractivity contribution < 1.29 is 47.5 Å². The van der Waals surface area contributed by atoms with Gasteiger partial charge in [0.25, 0.3) is 6.43 Å². The number of benzene rings is 3. The Balaban J connectivity index is 1.16. The zero-order valence-electron chi connectivity index (χ0n) is 38.4. The first-order valence-electron chi connectivity index (χ1n) is 22.4. The number of amides is 1. The van der Waals surface area contributed by atoms with E-state index >= 15 is 0 Å². The topological polar surface area (TPSA) is 195 Å². The molecule has 2 atom stereocenters. The molecule has 6 aromatic rings. The van der Waals surface area contributed by atoms with Crippen LogP contribution in [0, 0.1) is 12.8 Å². The number of carbonyl (C=O) groups excluding carboxylic acids is 1. The predicted octanol–water partition coefficient (Wildman–Crippen LogP) is 8.34. The van der Waals surface area contributed by atoms with E-state index in [2.05, 4.69) is 25.6 Å². The number of hydrogen-bond donors (Lipinski definition) is 4. The van der Waals surface area contributed by atoms with Gasteiger partial charge in [-0.15, -0.1) is 0 Å². The molecule has 3 aromatic heterocycles. The molecule has 0 spiro atoms. The molecular formula is C49H56F2N8O8. The number of rotatable bonds is 14. The number of fused-ring (bicyclic) bond motifs is 2. The van der Waals surface area contributed by atoms with Crippen molar-refractivity contribution in [3.05, 3.63) is 89.5 Å². The number of aromatic nitrogens is 5. The maximum Gasteiger partial charge on any atom is 0.420 e. The van der Waals surface area contributed by atoms with E-state index in [0.29, 0.717) is 85.8 Å². The van der Waals surface area contributed by atoms with Crippen LogP contribution in [0.3, 0.4) is 0 Å². The molecule has 3 aromatic carbocycles. The molecule has 67 heavy (non-hydrogen) atoms. The highest BCUT2D eigenvalue weighted by molar-refractivity contribution is 6.05. The SMILES string of the molecule is COc1cc(-n2ncc3c(-c4cccc(N(C(=O)OC(C)(C)C)c5nc(C(F)F)nc6cc(CNC7CCC(C(=O)O)CC7)cnc56)c4C)cccc32)cc(OC)c1CN[C@@H]1CCOC[C@@H]1O. The van der Waals surface area contributed by atoms with Crippen molar-refractivity contribution in [3.63, 3.8) is 0 Å². The summed E-state index contributed by atoms with van der Waals surface area (Å²) >= 11 is 0. The summed E-state index contributed by atoms with van der Waals surface area (Å²) in [5.74, 6) is -0.948. The Morgan fingerprint density at radius 2 is 1.66 bits per heavy atom. The van der Waals surface area contributed by atoms with Gasteiger partial charge in [-0.1, -0.05) is 24.3 Å². The summed E-state index contributed by atoms with van der Waals surface area (Å²) in [6, 6.07) is 16.5. The Labute approximate surface area is 386 Å². The summed E-state index contributed by atoms with van der Waals surface area (Å²) in [5.41, 5.74) is 4.61. The number of pyridine rings is 1. The van der Waals surface area contributed by atoms with Crippen LogP contribution < -0.4 is 25.0 Å². The van der Waals surface area contributed by atoms with E-state index in [4.69, 9.17) is 24.0 Å². The molecule has 1 aliphatic carbocycles. The predicted molar refractivity (Wildman–Crippen MR) is 247 cm³/mol. The van der Waals surface area contributed by atoms with Gasteiger partial charge in [0.05, 0.1) is 67.0 Å². The molecule has 0 unspecified atom stereocenters. The number of nitrogens with one attached hydrogen (secondary N) is 2. The van der Waals surface area contributed by atoms with Crippen LogP contribution in [0.4, 0.5) is 25.1 Å². The Kier molecular flexibility index (Phi) is 14.0. The lowest BCUT2D eigenvalue weighted by Gasteiger charge is -2.29. The van der Waals surface area contributed by atoms with Crippen LogP contribution in [0.5, 0.6) is 11.5 Å². The largest absolute Gasteiger partial charge is 0.496 e. The first-order valence-corrected chi connectivity index (χ1v) is 22.4. The van der Waals surface area contributed by atoms with Gasteiger partial charge in [0.15, 0.2) is 11.6 Å². The molecule has 2 aliphatic rings. The standard InChI is InChI=1S/C49H56F2N8O8/c1-27-32(33-10-8-12-39-34(33)25-55-59(39)31-20-41(64-5)35(42(21-31)65-6)24-53-36-17-18-66-26-40(36)60)9-7-11-38(27)58(48(63)67-49(2,3)4)46-43-37(56-45(57-46)44(50)51)19-28(23-54-43)22-52-30-15-13-29(14-16-30)47(61)62/h7-12,19-21,23,25,29-30,36,40,44,52-53,60H,13-18,22,24,26H2,1-6H3,(H,61,62)/t29?,30?,36-,40+/m1/s1. The lowest BCUT2D eigenvalue weighted by atomic mass is 9.86. The van der Waals surface area contributed by atoms with Gasteiger partial charge in [0.2, 0.25) is 0 Å². The first kappa shape index (κ1) is 47.2. The number of aliphatic carboxylic acids is 1. The van der Waals surface area contributed by atoms with Gasteiger partial charge in [-0.2, -0.15) is 5.10 Å². The highest BCUT2D eigenvalue weighted by Gasteiger charge is 2.32. The number of anilines is 2. The minimum atomic E-state index is -3.07. The van der Waals surface area contributed by atoms with Crippen LogP contribution in [-0.4, -0.2) is 98.2 Å². The van der Waals surface area contributed by atoms with Crippen LogP contribution in [0.25, 0.3) is 38.8 Å². The minimum Gasteiger partial charge on any atom is -0.496 e. The van der Waals surface area contributed by atoms with Crippen molar-refractivity contribution >= 4 is 45.5 Å². The lowest BCUT2D eigenvalue weighted by molar-refractivity contribution is -0.142. The minimum absolute atomic E-state index is 0.0906. The molecule has 0 radical (unpaired) electrons. The van der Waals surface area contributed by atoms with Crippen molar-refractivity contribution in [1.82, 2.24) is 35.4 Å². The van der Waals surface area contributed by atoms with Crippen LogP contribution in [0.15, 0.2) is 67.0 Å². The fourth-order valence-electron chi connectivity index (χ4n) is 8.94. The van der Waals surface area contributed by atoms with Crippen LogP contribution in [0.1, 0.15) is 81.8 Å². The summed E-state index contributed by atoms with van der Waals surface area (Å²) in [6.45, 7) is 8.55. The van der Waals surface area contributed by atoms with E-state index in [1.807, 2.05) is 43.3 Å². The third-order valence-electron chi connectivity index (χ3n) is 12.4. The number of nitrogens with zero attached hydrogens (tertiary/aromatic N) is 6. The summed E-state index contributed by atoms with van der Waals surface area (Å²) in [5, 5.41) is 32.3. The molecule has 354 valence electrons. The maximum absolute atomic E-state index is 14.7. The number of hydrogen-bond acceptors (Lipinski definition) is 13. The number of ether oxygens (including phenoxy) is 4. The second-order valence-electron chi connectivity index (χ2n) is 18.0. The highest BCUT2D eigenvalue weighted by atomic mass is 19.3. The van der Waals surface area contributed by atoms with Crippen molar-refractivity contribution in [1.29, 1.82) is 0 Å². The molecule has 0 bridgehead atoms. The average molecular weight is 923 g/mol. The number of carboxylic acid groups (broad SMARTS) is 1. The number of methoxy groups -OCH3 is 2. The van der Waals surface area contributed by atoms with Crippen molar-refractivity contribution in [2.45, 2.75) is 103 Å². The van der Waals surface area contributed by atoms with Crippen molar-refractivity contribution in [3.8, 4) is 28.3 Å². The van der Waals surface area contributed by atoms with Crippen LogP contribution >= 0.6 is 0 Å². The number of carboxylic acids is 1. The van der Waals surface area contributed by atoms with E-state index in [-0.39, 0.29) is 41.5 Å². The molecule has 1 saturated heterocycles. The number of alkyl halides is 2. The third kappa shape index (κ3) is 10.2. The van der Waals surface area contributed by atoms with Gasteiger partial charge >= 0.3 is 12.1 Å². The zero-order chi connectivity index (χ0) is 47.6. The van der Waals surface area contributed by atoms with Gasteiger partial charge < -0.3 is 39.8 Å². The van der Waals surface area contributed by atoms with Crippen LogP contribution in [0.2, 0.25) is 0 Å². The number of carbonyl (C=O) groups is 2. The smallest absolute Gasteiger partial charge is 0.420 e. The molecule has 2 fully saturated rings. The third-order valence-corrected chi connectivity index (χ3v) is 12.4. The summed E-state index contributed by atoms with van der Waals surface area (Å²) in [7, 11) is 3.18. The number of aliphatic hydroxyl groups excluding tert-OH is 1. The van der Waals surface area contributed by atoms with Gasteiger partial charge in [-0.3, -0.25) is 9.78 Å². The Bertz CT molecular complexity index is 2750. The van der Waals surface area contributed by atoms with Crippen molar-refractivity contribution in [2.75, 3.05) is 32.3 Å². The summed E-state index contributed by atoms with van der Waals surface area (Å²) in [6.07, 6.45) is 2.00. The fraction of sp³-hybridized carbons (Fsp3) is 0.429. The zero-order valence-corrected chi connectivity index (χ0v) is 38.4. The second kappa shape index (κ2) is 19.9. The first-order chi connectivity index (χ1) is 32.1. The van der Waals surface area contributed by atoms with Crippen molar-refractivity contribution in [2.24, 2.45) is 5.92 Å². The maximum atomic E-state index is 14.7. The molecule has 1 aliphatic heterocycles. The van der Waals surface area contributed by atoms with Gasteiger partial charge in [-0.25, -0.2) is 33.1 Å². The van der Waals surface area contributed by atoms with Gasteiger partial charge in [-0.05, 0) is 100 Å². The van der Waals surface area contributed by atoms with Gasteiger partial charge in [0, 0.05) is 55.5 Å². The fourth-order valence-corrected chi connectivity index (χ4v) is 8.94. The van der Waals surface area contributed by atoms with E-state index in [1.54, 1.807) is 70.3 Å². The molecule has 16 nitrogen and oxygen atoms in total. The monoisotopic (exact) mass is 922 g/mol. The van der Waals surface area contributed by atoms with Crippen LogP contribution in [-0.2, 0) is 27.4 Å². The molecular weight excluding hydrogens is 867 g/mol. The number of halogens is 2. The highest BCUT2D eigenvalue weighted by Crippen LogP contribution is 2.41. The molecule has 1 amide bonds. The average Bonchev–Trinajstić information content (AvgIpc) is 3.75. The van der Waals surface area contributed by atoms with E-state index in [1.165, 1.54) is 4.90 Å². The molecule has 18 heteroatoms. The Morgan fingerprint density at radius 1 is 0.940 bits per heavy atom. The molecule has 8 rings (SSSR count). The Hall–Kier alpha value is -6.34. The Morgan fingerprint density at radius 3 is 2.33 bits per heavy atom. The molecule has 4 heterocycles. The van der Waals surface area contributed by atoms with E-state index in [0.717, 1.165) is 27.6 Å². The lowest BCUT2D eigenvalue weighted by Crippen LogP contribution is -2.46. The van der Waals surface area contributed by atoms with E-state index < -0.39 is 36.0 Å². The van der Waals surface area contributed by atoms with Gasteiger partial charge in [0.1, 0.15) is 22.6 Å². The normalized spacial score (nSPS) is 18.9. The summed E-state index contributed by atoms with van der Waals surface area (Å²) < 4.78 is 54.2. The number of aliphatic hydroxyl groups is 1. The molecule has 4 N–H and O–H groups in total. The summed E-state index contributed by atoms with van der Waals surface area (Å²) in [4.78, 5) is 40.3. The quantitative estimate of drug-likeness (QED) is 0.0814. The molecule has 1 saturated carbocycles. The van der Waals surface area contributed by atoms with E-state index in [9.17, 15) is 28.6 Å². The second-order valence-corrected chi connectivity index (χ2v) is 18.0.